The lowest BCUT2D eigenvalue weighted by molar-refractivity contribution is 0.0469. The summed E-state index contributed by atoms with van der Waals surface area (Å²) in [5.74, 6) is 0.454. The fraction of sp³-hybridized carbons (Fsp3) is 0.300. The van der Waals surface area contributed by atoms with Crippen molar-refractivity contribution >= 4 is 0 Å². The summed E-state index contributed by atoms with van der Waals surface area (Å²) in [4.78, 5) is 10.8. The molecule has 2 aromatic heterocycles. The Morgan fingerprint density at radius 2 is 1.85 bits per heavy atom. The van der Waals surface area contributed by atoms with Gasteiger partial charge >= 0.3 is 0 Å². The summed E-state index contributed by atoms with van der Waals surface area (Å²) in [5.41, 5.74) is 2.09. The Balaban J connectivity index is 1.44. The first kappa shape index (κ1) is 16.9. The minimum atomic E-state index is -0.467. The number of hydrogen-bond donors (Lipinski definition) is 1. The van der Waals surface area contributed by atoms with Crippen molar-refractivity contribution in [3.8, 4) is 5.95 Å². The van der Waals surface area contributed by atoms with E-state index in [0.29, 0.717) is 12.5 Å². The molecule has 26 heavy (non-hydrogen) atoms. The van der Waals surface area contributed by atoms with Gasteiger partial charge in [0, 0.05) is 43.3 Å². The van der Waals surface area contributed by atoms with Crippen molar-refractivity contribution in [1.82, 2.24) is 19.4 Å². The first-order chi connectivity index (χ1) is 12.7. The van der Waals surface area contributed by atoms with Crippen LogP contribution in [0.4, 0.5) is 4.39 Å². The molecular weight excluding hydrogens is 331 g/mol. The molecule has 0 unspecified atom stereocenters. The van der Waals surface area contributed by atoms with E-state index in [1.807, 2.05) is 16.8 Å². The Hall–Kier alpha value is -2.57. The van der Waals surface area contributed by atoms with E-state index in [1.165, 1.54) is 12.1 Å². The van der Waals surface area contributed by atoms with Crippen molar-refractivity contribution < 1.29 is 9.50 Å². The van der Waals surface area contributed by atoms with Crippen LogP contribution in [0.5, 0.6) is 0 Å². The molecule has 1 saturated heterocycles. The second-order valence-corrected chi connectivity index (χ2v) is 6.67. The molecule has 4 rings (SSSR count). The van der Waals surface area contributed by atoms with Gasteiger partial charge in [-0.3, -0.25) is 9.47 Å². The van der Waals surface area contributed by atoms with Crippen molar-refractivity contribution in [2.45, 2.75) is 25.0 Å². The lowest BCUT2D eigenvalue weighted by Gasteiger charge is -2.36. The monoisotopic (exact) mass is 352 g/mol. The van der Waals surface area contributed by atoms with Crippen LogP contribution in [0.2, 0.25) is 0 Å². The number of halogens is 1. The minimum absolute atomic E-state index is 0.0519. The maximum Gasteiger partial charge on any atom is 0.233 e. The zero-order valence-electron chi connectivity index (χ0n) is 14.4. The number of aliphatic hydroxyl groups is 1. The average Bonchev–Trinajstić information content (AvgIpc) is 3.12. The first-order valence-corrected chi connectivity index (χ1v) is 8.80. The maximum absolute atomic E-state index is 13.1. The van der Waals surface area contributed by atoms with E-state index in [2.05, 4.69) is 20.9 Å². The first-order valence-electron chi connectivity index (χ1n) is 8.80. The van der Waals surface area contributed by atoms with Crippen LogP contribution >= 0.6 is 0 Å². The molecule has 134 valence electrons. The number of β-amino-alcohol motifs (C(OH)–C–C–N with tert-alkyl or cyclic N) is 1. The average molecular weight is 352 g/mol. The molecule has 1 N–H and O–H groups in total. The van der Waals surface area contributed by atoms with Crippen molar-refractivity contribution in [3.05, 3.63) is 78.1 Å². The molecule has 0 spiro atoms. The van der Waals surface area contributed by atoms with Crippen LogP contribution in [0, 0.1) is 5.82 Å². The molecule has 3 heterocycles. The van der Waals surface area contributed by atoms with Gasteiger partial charge in [0.25, 0.3) is 0 Å². The number of likely N-dealkylation sites (tertiary alicyclic amines) is 1. The summed E-state index contributed by atoms with van der Waals surface area (Å²) in [6, 6.07) is 12.3. The number of aromatic nitrogens is 3. The Bertz CT molecular complexity index is 850. The number of rotatable bonds is 4. The predicted octanol–water partition coefficient (Wildman–Crippen LogP) is 2.76. The van der Waals surface area contributed by atoms with Gasteiger partial charge in [-0.2, -0.15) is 0 Å². The molecule has 1 fully saturated rings. The van der Waals surface area contributed by atoms with E-state index >= 15 is 0 Å². The van der Waals surface area contributed by atoms with Crippen molar-refractivity contribution in [2.75, 3.05) is 13.1 Å². The van der Waals surface area contributed by atoms with E-state index in [-0.39, 0.29) is 11.7 Å². The molecule has 3 aromatic rings. The van der Waals surface area contributed by atoms with Gasteiger partial charge in [-0.15, -0.1) is 0 Å². The molecular formula is C20H21FN4O. The van der Waals surface area contributed by atoms with Gasteiger partial charge in [-0.1, -0.05) is 12.1 Å². The third-order valence-electron chi connectivity index (χ3n) is 4.95. The third-order valence-corrected chi connectivity index (χ3v) is 4.95. The number of aliphatic hydroxyl groups excluding tert-OH is 1. The number of benzene rings is 1. The van der Waals surface area contributed by atoms with Gasteiger partial charge in [0.1, 0.15) is 5.82 Å². The topological polar surface area (TPSA) is 54.2 Å². The molecule has 1 aliphatic heterocycles. The van der Waals surface area contributed by atoms with E-state index < -0.39 is 6.10 Å². The van der Waals surface area contributed by atoms with E-state index in [9.17, 15) is 9.50 Å². The van der Waals surface area contributed by atoms with Crippen molar-refractivity contribution in [2.24, 2.45) is 0 Å². The van der Waals surface area contributed by atoms with Gasteiger partial charge in [-0.25, -0.2) is 14.4 Å². The van der Waals surface area contributed by atoms with Gasteiger partial charge < -0.3 is 5.11 Å². The molecule has 5 nitrogen and oxygen atoms in total. The highest BCUT2D eigenvalue weighted by atomic mass is 19.1. The van der Waals surface area contributed by atoms with Gasteiger partial charge in [-0.05, 0) is 48.9 Å². The largest absolute Gasteiger partial charge is 0.391 e. The number of piperidine rings is 1. The Morgan fingerprint density at radius 1 is 1.08 bits per heavy atom. The van der Waals surface area contributed by atoms with Crippen LogP contribution in [-0.2, 0) is 6.54 Å². The van der Waals surface area contributed by atoms with Gasteiger partial charge in [0.15, 0.2) is 0 Å². The lowest BCUT2D eigenvalue weighted by atomic mass is 9.87. The van der Waals surface area contributed by atoms with E-state index in [0.717, 1.165) is 30.8 Å². The molecule has 0 amide bonds. The second-order valence-electron chi connectivity index (χ2n) is 6.67. The smallest absolute Gasteiger partial charge is 0.233 e. The summed E-state index contributed by atoms with van der Waals surface area (Å²) >= 11 is 0. The van der Waals surface area contributed by atoms with Crippen LogP contribution in [0.15, 0.2) is 61.1 Å². The molecule has 0 bridgehead atoms. The predicted molar refractivity (Wildman–Crippen MR) is 96.4 cm³/mol. The molecule has 1 aromatic carbocycles. The summed E-state index contributed by atoms with van der Waals surface area (Å²) in [6.45, 7) is 2.18. The highest BCUT2D eigenvalue weighted by molar-refractivity contribution is 5.23. The SMILES string of the molecule is O[C@@H]1CN(Cc2cccn2-c2ncccn2)CC[C@H]1c1ccc(F)cc1. The third kappa shape index (κ3) is 3.52. The molecule has 0 radical (unpaired) electrons. The number of nitrogens with zero attached hydrogens (tertiary/aromatic N) is 4. The zero-order valence-corrected chi connectivity index (χ0v) is 14.4. The molecule has 1 aliphatic rings. The van der Waals surface area contributed by atoms with Crippen LogP contribution in [0.1, 0.15) is 23.6 Å². The summed E-state index contributed by atoms with van der Waals surface area (Å²) in [5, 5.41) is 10.6. The fourth-order valence-corrected chi connectivity index (χ4v) is 3.62. The van der Waals surface area contributed by atoms with Crippen molar-refractivity contribution in [1.29, 1.82) is 0 Å². The zero-order chi connectivity index (χ0) is 17.9. The Morgan fingerprint density at radius 3 is 2.58 bits per heavy atom. The minimum Gasteiger partial charge on any atom is -0.391 e. The normalized spacial score (nSPS) is 21.0. The van der Waals surface area contributed by atoms with Gasteiger partial charge in [0.05, 0.1) is 6.10 Å². The highest BCUT2D eigenvalue weighted by Crippen LogP contribution is 2.29. The van der Waals surface area contributed by atoms with Gasteiger partial charge in [0.2, 0.25) is 5.95 Å². The van der Waals surface area contributed by atoms with E-state index in [4.69, 9.17) is 0 Å². The lowest BCUT2D eigenvalue weighted by Crippen LogP contribution is -2.42. The maximum atomic E-state index is 13.1. The Kier molecular flexibility index (Phi) is 4.77. The van der Waals surface area contributed by atoms with Crippen LogP contribution in [0.3, 0.4) is 0 Å². The standard InChI is InChI=1S/C20H21FN4O/c21-16-6-4-15(5-7-16)18-8-12-24(14-19(18)26)13-17-3-1-11-25(17)20-22-9-2-10-23-20/h1-7,9-11,18-19,26H,8,12-14H2/t18-,19+/m0/s1. The summed E-state index contributed by atoms with van der Waals surface area (Å²) in [7, 11) is 0. The van der Waals surface area contributed by atoms with Crippen LogP contribution < -0.4 is 0 Å². The highest BCUT2D eigenvalue weighted by Gasteiger charge is 2.29. The quantitative estimate of drug-likeness (QED) is 0.784. The summed E-state index contributed by atoms with van der Waals surface area (Å²) < 4.78 is 15.1. The van der Waals surface area contributed by atoms with Crippen LogP contribution in [0.25, 0.3) is 5.95 Å². The fourth-order valence-electron chi connectivity index (χ4n) is 3.62. The van der Waals surface area contributed by atoms with Crippen molar-refractivity contribution in [3.63, 3.8) is 0 Å². The summed E-state index contributed by atoms with van der Waals surface area (Å²) in [6.07, 6.45) is 5.78. The molecule has 0 aliphatic carbocycles. The second kappa shape index (κ2) is 7.35. The number of hydrogen-bond acceptors (Lipinski definition) is 4. The molecule has 0 saturated carbocycles. The molecule has 2 atom stereocenters. The Labute approximate surface area is 151 Å². The van der Waals surface area contributed by atoms with E-state index in [1.54, 1.807) is 30.6 Å². The molecule has 6 heteroatoms. The van der Waals surface area contributed by atoms with Crippen LogP contribution in [-0.4, -0.2) is 43.7 Å².